The first kappa shape index (κ1) is 18.9. The number of phenolic OH excluding ortho intramolecular Hbond substituents is 1. The van der Waals surface area contributed by atoms with Crippen LogP contribution in [0, 0.1) is 5.92 Å². The maximum absolute atomic E-state index is 12.8. The fraction of sp³-hybridized carbons (Fsp3) is 0.300. The third kappa shape index (κ3) is 4.45. The molecular formula is C20H22N2O5. The van der Waals surface area contributed by atoms with Gasteiger partial charge in [0.15, 0.2) is 0 Å². The Morgan fingerprint density at radius 1 is 1.11 bits per heavy atom. The van der Waals surface area contributed by atoms with Crippen LogP contribution in [0.3, 0.4) is 0 Å². The monoisotopic (exact) mass is 370 g/mol. The van der Waals surface area contributed by atoms with Crippen LogP contribution >= 0.6 is 0 Å². The summed E-state index contributed by atoms with van der Waals surface area (Å²) in [6.07, 6.45) is -0.217. The Morgan fingerprint density at radius 2 is 1.81 bits per heavy atom. The highest BCUT2D eigenvalue weighted by Gasteiger charge is 2.34. The van der Waals surface area contributed by atoms with Crippen molar-refractivity contribution in [3.8, 4) is 5.75 Å². The number of carbonyl (C=O) groups is 2. The minimum atomic E-state index is -0.735. The molecule has 5 N–H and O–H groups in total. The third-order valence-electron chi connectivity index (χ3n) is 4.85. The molecule has 2 aromatic rings. The van der Waals surface area contributed by atoms with E-state index in [1.54, 1.807) is 17.6 Å². The largest absolute Gasteiger partial charge is 0.508 e. The van der Waals surface area contributed by atoms with Crippen molar-refractivity contribution in [2.45, 2.75) is 31.4 Å². The fourth-order valence-electron chi connectivity index (χ4n) is 3.46. The summed E-state index contributed by atoms with van der Waals surface area (Å²) in [6.45, 7) is 0. The number of amides is 2. The molecule has 0 spiro atoms. The van der Waals surface area contributed by atoms with E-state index in [9.17, 15) is 19.8 Å². The smallest absolute Gasteiger partial charge is 0.244 e. The highest BCUT2D eigenvalue weighted by atomic mass is 16.5. The predicted molar refractivity (Wildman–Crippen MR) is 96.9 cm³/mol. The number of hydrogen-bond donors (Lipinski definition) is 5. The Morgan fingerprint density at radius 3 is 2.52 bits per heavy atom. The van der Waals surface area contributed by atoms with Crippen molar-refractivity contribution in [1.82, 2.24) is 10.8 Å². The van der Waals surface area contributed by atoms with Gasteiger partial charge in [0.05, 0.1) is 18.1 Å². The zero-order valence-electron chi connectivity index (χ0n) is 14.6. The van der Waals surface area contributed by atoms with E-state index < -0.39 is 24.0 Å². The van der Waals surface area contributed by atoms with E-state index >= 15 is 0 Å². The Kier molecular flexibility index (Phi) is 5.73. The van der Waals surface area contributed by atoms with E-state index in [0.717, 1.165) is 16.7 Å². The van der Waals surface area contributed by atoms with Crippen molar-refractivity contribution in [3.05, 3.63) is 65.2 Å². The maximum Gasteiger partial charge on any atom is 0.244 e. The summed E-state index contributed by atoms with van der Waals surface area (Å²) >= 11 is 0. The normalized spacial score (nSPS) is 19.2. The minimum absolute atomic E-state index is 0.110. The molecule has 0 saturated heterocycles. The standard InChI is InChI=1S/C20H22N2O5/c23-15-7-5-12(6-8-15)9-14(11-18(25)22-27)20(26)21-19-16-4-2-1-3-13(16)10-17(19)24/h1-8,14,17,19,23-24,27H,9-11H2,(H,21,26)(H,22,25)/t14-,17+,19-/m0/s1. The Balaban J connectivity index is 1.76. The lowest BCUT2D eigenvalue weighted by atomic mass is 9.94. The van der Waals surface area contributed by atoms with Gasteiger partial charge in [0, 0.05) is 12.8 Å². The van der Waals surface area contributed by atoms with Crippen molar-refractivity contribution in [3.63, 3.8) is 0 Å². The lowest BCUT2D eigenvalue weighted by molar-refractivity contribution is -0.135. The number of aliphatic hydroxyl groups is 1. The van der Waals surface area contributed by atoms with E-state index in [1.165, 1.54) is 12.1 Å². The Labute approximate surface area is 156 Å². The van der Waals surface area contributed by atoms with Gasteiger partial charge in [-0.2, -0.15) is 0 Å². The second-order valence-electron chi connectivity index (χ2n) is 6.76. The average molecular weight is 370 g/mol. The van der Waals surface area contributed by atoms with Crippen molar-refractivity contribution >= 4 is 11.8 Å². The maximum atomic E-state index is 12.8. The van der Waals surface area contributed by atoms with Crippen molar-refractivity contribution in [1.29, 1.82) is 0 Å². The number of fused-ring (bicyclic) bond motifs is 1. The first-order valence-electron chi connectivity index (χ1n) is 8.75. The van der Waals surface area contributed by atoms with E-state index in [1.807, 2.05) is 24.3 Å². The van der Waals surface area contributed by atoms with Crippen LogP contribution in [0.2, 0.25) is 0 Å². The van der Waals surface area contributed by atoms with E-state index in [2.05, 4.69) is 5.32 Å². The molecular weight excluding hydrogens is 348 g/mol. The summed E-state index contributed by atoms with van der Waals surface area (Å²) in [7, 11) is 0. The average Bonchev–Trinajstić information content (AvgIpc) is 2.98. The van der Waals surface area contributed by atoms with Crippen molar-refractivity contribution in [2.75, 3.05) is 0 Å². The quantitative estimate of drug-likeness (QED) is 0.387. The molecule has 1 aliphatic carbocycles. The number of aliphatic hydroxyl groups excluding tert-OH is 1. The summed E-state index contributed by atoms with van der Waals surface area (Å²) in [4.78, 5) is 24.5. The predicted octanol–water partition coefficient (Wildman–Crippen LogP) is 1.22. The van der Waals surface area contributed by atoms with Crippen LogP contribution in [-0.4, -0.2) is 33.3 Å². The van der Waals surface area contributed by atoms with Crippen molar-refractivity contribution < 1.29 is 25.0 Å². The van der Waals surface area contributed by atoms with Crippen LogP contribution in [0.1, 0.15) is 29.2 Å². The second-order valence-corrected chi connectivity index (χ2v) is 6.76. The van der Waals surface area contributed by atoms with Gasteiger partial charge in [-0.25, -0.2) is 5.48 Å². The van der Waals surface area contributed by atoms with Crippen LogP contribution in [0.15, 0.2) is 48.5 Å². The van der Waals surface area contributed by atoms with Crippen LogP contribution in [-0.2, 0) is 22.4 Å². The third-order valence-corrected chi connectivity index (χ3v) is 4.85. The molecule has 27 heavy (non-hydrogen) atoms. The number of rotatable bonds is 6. The van der Waals surface area contributed by atoms with Crippen molar-refractivity contribution in [2.24, 2.45) is 5.92 Å². The Hall–Kier alpha value is -2.90. The van der Waals surface area contributed by atoms with Crippen LogP contribution in [0.25, 0.3) is 0 Å². The van der Waals surface area contributed by atoms with Gasteiger partial charge < -0.3 is 15.5 Å². The van der Waals surface area contributed by atoms with Gasteiger partial charge in [-0.1, -0.05) is 36.4 Å². The summed E-state index contributed by atoms with van der Waals surface area (Å²) in [5.74, 6) is -1.67. The number of hydrogen-bond acceptors (Lipinski definition) is 5. The first-order chi connectivity index (χ1) is 13.0. The van der Waals surface area contributed by atoms with Gasteiger partial charge in [0.2, 0.25) is 11.8 Å². The molecule has 0 heterocycles. The van der Waals surface area contributed by atoms with Gasteiger partial charge in [0.25, 0.3) is 0 Å². The van der Waals surface area contributed by atoms with Crippen LogP contribution in [0.4, 0.5) is 0 Å². The highest BCUT2D eigenvalue weighted by Crippen LogP contribution is 2.31. The summed E-state index contributed by atoms with van der Waals surface area (Å²) in [5, 5.41) is 31.4. The number of nitrogens with one attached hydrogen (secondary N) is 2. The van der Waals surface area contributed by atoms with E-state index in [-0.39, 0.29) is 24.5 Å². The molecule has 1 aliphatic rings. The number of hydroxylamine groups is 1. The van der Waals surface area contributed by atoms with E-state index in [0.29, 0.717) is 6.42 Å². The first-order valence-corrected chi connectivity index (χ1v) is 8.75. The molecule has 0 bridgehead atoms. The molecule has 7 heteroatoms. The summed E-state index contributed by atoms with van der Waals surface area (Å²) in [6, 6.07) is 13.3. The molecule has 0 unspecified atom stereocenters. The molecule has 0 radical (unpaired) electrons. The SMILES string of the molecule is O=C(C[C@H](Cc1ccc(O)cc1)C(=O)N[C@H]1c2ccccc2C[C@H]1O)NO. The van der Waals surface area contributed by atoms with Gasteiger partial charge in [-0.3, -0.25) is 14.8 Å². The molecule has 2 aromatic carbocycles. The molecule has 7 nitrogen and oxygen atoms in total. The minimum Gasteiger partial charge on any atom is -0.508 e. The topological polar surface area (TPSA) is 119 Å². The fourth-order valence-corrected chi connectivity index (χ4v) is 3.46. The zero-order valence-corrected chi connectivity index (χ0v) is 14.6. The number of phenols is 1. The molecule has 0 saturated carbocycles. The summed E-state index contributed by atoms with van der Waals surface area (Å²) < 4.78 is 0. The molecule has 2 amide bonds. The van der Waals surface area contributed by atoms with Gasteiger partial charge in [0.1, 0.15) is 5.75 Å². The van der Waals surface area contributed by atoms with Gasteiger partial charge in [-0.05, 0) is 35.2 Å². The van der Waals surface area contributed by atoms with Gasteiger partial charge in [-0.15, -0.1) is 0 Å². The number of benzene rings is 2. The highest BCUT2D eigenvalue weighted by molar-refractivity contribution is 5.86. The number of carbonyl (C=O) groups excluding carboxylic acids is 2. The van der Waals surface area contributed by atoms with E-state index in [4.69, 9.17) is 5.21 Å². The molecule has 3 rings (SSSR count). The molecule has 3 atom stereocenters. The zero-order chi connectivity index (χ0) is 19.4. The summed E-state index contributed by atoms with van der Waals surface area (Å²) in [5.41, 5.74) is 4.18. The number of aromatic hydroxyl groups is 1. The lowest BCUT2D eigenvalue weighted by Gasteiger charge is -2.22. The van der Waals surface area contributed by atoms with Gasteiger partial charge >= 0.3 is 0 Å². The molecule has 0 fully saturated rings. The molecule has 0 aromatic heterocycles. The molecule has 0 aliphatic heterocycles. The van der Waals surface area contributed by atoms with Crippen LogP contribution < -0.4 is 10.8 Å². The second kappa shape index (κ2) is 8.20. The Bertz CT molecular complexity index is 821. The van der Waals surface area contributed by atoms with Crippen LogP contribution in [0.5, 0.6) is 5.75 Å². The molecule has 142 valence electrons. The lowest BCUT2D eigenvalue weighted by Crippen LogP contribution is -2.40.